The van der Waals surface area contributed by atoms with Crippen LogP contribution < -0.4 is 9.64 Å². The van der Waals surface area contributed by atoms with Gasteiger partial charge in [-0.15, -0.1) is 0 Å². The second-order valence-corrected chi connectivity index (χ2v) is 3.99. The van der Waals surface area contributed by atoms with Crippen LogP contribution in [0.2, 0.25) is 0 Å². The number of carbonyl (C=O) groups is 1. The summed E-state index contributed by atoms with van der Waals surface area (Å²) in [6.07, 6.45) is -0.684. The Kier molecular flexibility index (Phi) is 3.66. The lowest BCUT2D eigenvalue weighted by molar-refractivity contribution is 0.150. The number of aliphatic hydroxyl groups excluding tert-OH is 1. The molecule has 6 heteroatoms. The molecule has 18 heavy (non-hydrogen) atoms. The fourth-order valence-electron chi connectivity index (χ4n) is 1.75. The van der Waals surface area contributed by atoms with E-state index in [1.807, 2.05) is 0 Å². The predicted molar refractivity (Wildman–Crippen MR) is 62.3 cm³/mol. The Morgan fingerprint density at radius 2 is 2.39 bits per heavy atom. The number of amides is 1. The molecule has 1 fully saturated rings. The molecule has 5 nitrogen and oxygen atoms in total. The van der Waals surface area contributed by atoms with Gasteiger partial charge in [0.1, 0.15) is 12.7 Å². The van der Waals surface area contributed by atoms with Crippen LogP contribution in [0.4, 0.5) is 14.9 Å². The van der Waals surface area contributed by atoms with E-state index in [9.17, 15) is 9.18 Å². The number of cyclic esters (lactones) is 1. The molecule has 98 valence electrons. The van der Waals surface area contributed by atoms with Gasteiger partial charge in [0.2, 0.25) is 0 Å². The molecule has 0 saturated carbocycles. The second-order valence-electron chi connectivity index (χ2n) is 3.99. The van der Waals surface area contributed by atoms with Crippen LogP contribution in [0.25, 0.3) is 0 Å². The normalized spacial score (nSPS) is 18.9. The van der Waals surface area contributed by atoms with Gasteiger partial charge in [-0.3, -0.25) is 4.90 Å². The molecule has 1 N–H and O–H groups in total. The highest BCUT2D eigenvalue weighted by Crippen LogP contribution is 2.26. The van der Waals surface area contributed by atoms with Crippen molar-refractivity contribution < 1.29 is 23.8 Å². The van der Waals surface area contributed by atoms with Crippen molar-refractivity contribution in [1.29, 1.82) is 0 Å². The highest BCUT2D eigenvalue weighted by molar-refractivity contribution is 5.89. The number of anilines is 1. The Morgan fingerprint density at radius 3 is 2.94 bits per heavy atom. The number of aliphatic hydroxyl groups is 1. The number of nitrogens with zero attached hydrogens (tertiary/aromatic N) is 1. The van der Waals surface area contributed by atoms with Gasteiger partial charge in [-0.2, -0.15) is 0 Å². The first-order chi connectivity index (χ1) is 8.61. The van der Waals surface area contributed by atoms with E-state index in [4.69, 9.17) is 14.6 Å². The molecule has 1 aromatic rings. The summed E-state index contributed by atoms with van der Waals surface area (Å²) >= 11 is 0. The van der Waals surface area contributed by atoms with Crippen molar-refractivity contribution in [2.24, 2.45) is 0 Å². The molecule has 1 aliphatic rings. The second kappa shape index (κ2) is 5.22. The third-order valence-corrected chi connectivity index (χ3v) is 2.54. The number of benzene rings is 1. The lowest BCUT2D eigenvalue weighted by atomic mass is 10.2. The largest absolute Gasteiger partial charge is 0.488 e. The predicted octanol–water partition coefficient (Wildman–Crippen LogP) is 1.54. The summed E-state index contributed by atoms with van der Waals surface area (Å²) in [5, 5.41) is 8.59. The molecule has 1 heterocycles. The maximum atomic E-state index is 13.7. The number of halogens is 1. The van der Waals surface area contributed by atoms with Crippen LogP contribution >= 0.6 is 0 Å². The quantitative estimate of drug-likeness (QED) is 0.886. The first-order valence-corrected chi connectivity index (χ1v) is 5.63. The Balaban J connectivity index is 2.16. The zero-order chi connectivity index (χ0) is 13.1. The Labute approximate surface area is 104 Å². The van der Waals surface area contributed by atoms with Gasteiger partial charge in [-0.25, -0.2) is 9.18 Å². The molecule has 0 radical (unpaired) electrons. The fourth-order valence-corrected chi connectivity index (χ4v) is 1.75. The number of ether oxygens (including phenoxy) is 2. The van der Waals surface area contributed by atoms with Gasteiger partial charge in [0.05, 0.1) is 18.8 Å². The number of carbonyl (C=O) groups excluding carboxylic acids is 1. The van der Waals surface area contributed by atoms with E-state index in [-0.39, 0.29) is 25.1 Å². The molecule has 0 spiro atoms. The summed E-state index contributed by atoms with van der Waals surface area (Å²) in [6.45, 7) is 2.01. The highest BCUT2D eigenvalue weighted by atomic mass is 19.1. The van der Waals surface area contributed by atoms with Crippen molar-refractivity contribution in [3.63, 3.8) is 0 Å². The fraction of sp³-hybridized carbons (Fsp3) is 0.417. The molecule has 1 unspecified atom stereocenters. The van der Waals surface area contributed by atoms with Crippen LogP contribution in [-0.2, 0) is 4.74 Å². The minimum Gasteiger partial charge on any atom is -0.488 e. The Morgan fingerprint density at radius 1 is 1.61 bits per heavy atom. The minimum absolute atomic E-state index is 0.0268. The first kappa shape index (κ1) is 12.6. The van der Waals surface area contributed by atoms with Crippen molar-refractivity contribution in [3.05, 3.63) is 24.0 Å². The van der Waals surface area contributed by atoms with Crippen LogP contribution in [0, 0.1) is 5.82 Å². The maximum absolute atomic E-state index is 13.7. The Bertz CT molecular complexity index is 452. The van der Waals surface area contributed by atoms with E-state index in [0.29, 0.717) is 12.2 Å². The number of hydrogen-bond donors (Lipinski definition) is 1. The Hall–Kier alpha value is -1.82. The van der Waals surface area contributed by atoms with Crippen LogP contribution in [0.3, 0.4) is 0 Å². The van der Waals surface area contributed by atoms with E-state index in [0.717, 1.165) is 0 Å². The van der Waals surface area contributed by atoms with Crippen LogP contribution in [0.1, 0.15) is 6.92 Å². The highest BCUT2D eigenvalue weighted by Gasteiger charge is 2.29. The summed E-state index contributed by atoms with van der Waals surface area (Å²) in [7, 11) is 0. The molecule has 1 aromatic carbocycles. The molecule has 1 atom stereocenters. The molecule has 1 saturated heterocycles. The lowest BCUT2D eigenvalue weighted by Gasteiger charge is -2.14. The first-order valence-electron chi connectivity index (χ1n) is 5.63. The molecule has 0 aliphatic carbocycles. The van der Waals surface area contributed by atoms with Crippen molar-refractivity contribution in [2.75, 3.05) is 24.7 Å². The summed E-state index contributed by atoms with van der Waals surface area (Å²) in [6, 6.07) is 4.22. The van der Waals surface area contributed by atoms with E-state index in [2.05, 4.69) is 0 Å². The van der Waals surface area contributed by atoms with Gasteiger partial charge >= 0.3 is 6.09 Å². The number of rotatable bonds is 4. The summed E-state index contributed by atoms with van der Waals surface area (Å²) in [4.78, 5) is 12.8. The molecule has 1 aliphatic heterocycles. The van der Waals surface area contributed by atoms with Crippen LogP contribution in [0.5, 0.6) is 5.75 Å². The summed E-state index contributed by atoms with van der Waals surface area (Å²) < 4.78 is 23.6. The zero-order valence-electron chi connectivity index (χ0n) is 9.93. The standard InChI is InChI=1S/C12H14FNO4/c1-8-7-14(12(16)18-8)9-2-3-11(10(13)6-9)17-5-4-15/h2-3,6,8,15H,4-5,7H2,1H3. The third kappa shape index (κ3) is 2.53. The number of hydrogen-bond acceptors (Lipinski definition) is 4. The van der Waals surface area contributed by atoms with Gasteiger partial charge in [0, 0.05) is 6.07 Å². The molecular formula is C12H14FNO4. The maximum Gasteiger partial charge on any atom is 0.414 e. The van der Waals surface area contributed by atoms with Crippen LogP contribution in [0.15, 0.2) is 18.2 Å². The lowest BCUT2D eigenvalue weighted by Crippen LogP contribution is -2.24. The zero-order valence-corrected chi connectivity index (χ0v) is 9.93. The topological polar surface area (TPSA) is 59.0 Å². The molecule has 1 amide bonds. The van der Waals surface area contributed by atoms with Gasteiger partial charge in [-0.05, 0) is 19.1 Å². The third-order valence-electron chi connectivity index (χ3n) is 2.54. The van der Waals surface area contributed by atoms with Crippen LogP contribution in [-0.4, -0.2) is 37.1 Å². The van der Waals surface area contributed by atoms with Crippen molar-refractivity contribution in [3.8, 4) is 5.75 Å². The van der Waals surface area contributed by atoms with Crippen molar-refractivity contribution in [2.45, 2.75) is 13.0 Å². The molecule has 0 bridgehead atoms. The monoisotopic (exact) mass is 255 g/mol. The molecule has 2 rings (SSSR count). The summed E-state index contributed by atoms with van der Waals surface area (Å²) in [5.74, 6) is -0.526. The molecule has 0 aromatic heterocycles. The van der Waals surface area contributed by atoms with Crippen molar-refractivity contribution in [1.82, 2.24) is 0 Å². The minimum atomic E-state index is -0.576. The average Bonchev–Trinajstić information content (AvgIpc) is 2.67. The summed E-state index contributed by atoms with van der Waals surface area (Å²) in [5.41, 5.74) is 0.429. The van der Waals surface area contributed by atoms with Gasteiger partial charge in [-0.1, -0.05) is 0 Å². The van der Waals surface area contributed by atoms with E-state index in [1.165, 1.54) is 17.0 Å². The van der Waals surface area contributed by atoms with Gasteiger partial charge < -0.3 is 14.6 Å². The smallest absolute Gasteiger partial charge is 0.414 e. The average molecular weight is 255 g/mol. The van der Waals surface area contributed by atoms with Crippen molar-refractivity contribution >= 4 is 11.8 Å². The van der Waals surface area contributed by atoms with E-state index >= 15 is 0 Å². The van der Waals surface area contributed by atoms with E-state index < -0.39 is 11.9 Å². The van der Waals surface area contributed by atoms with Gasteiger partial charge in [0.25, 0.3) is 0 Å². The van der Waals surface area contributed by atoms with Gasteiger partial charge in [0.15, 0.2) is 11.6 Å². The SMILES string of the molecule is CC1CN(c2ccc(OCCO)c(F)c2)C(=O)O1. The molecular weight excluding hydrogens is 241 g/mol. The van der Waals surface area contributed by atoms with E-state index in [1.54, 1.807) is 13.0 Å².